The molecule has 0 bridgehead atoms. The molecule has 0 amide bonds. The third kappa shape index (κ3) is 1.80. The molecule has 0 radical (unpaired) electrons. The zero-order chi connectivity index (χ0) is 9.14. The van der Waals surface area contributed by atoms with Crippen LogP contribution in [0.15, 0.2) is 0 Å². The molecule has 1 aliphatic heterocycles. The Morgan fingerprint density at radius 3 is 2.92 bits per heavy atom. The van der Waals surface area contributed by atoms with Crippen molar-refractivity contribution < 1.29 is 14.3 Å². The van der Waals surface area contributed by atoms with Gasteiger partial charge in [-0.2, -0.15) is 12.6 Å². The Morgan fingerprint density at radius 1 is 1.83 bits per heavy atom. The van der Waals surface area contributed by atoms with E-state index in [-0.39, 0.29) is 17.0 Å². The fourth-order valence-corrected chi connectivity index (χ4v) is 1.37. The highest BCUT2D eigenvalue weighted by Crippen LogP contribution is 2.19. The van der Waals surface area contributed by atoms with Gasteiger partial charge < -0.3 is 4.74 Å². The van der Waals surface area contributed by atoms with Crippen LogP contribution in [-0.4, -0.2) is 23.6 Å². The van der Waals surface area contributed by atoms with Crippen molar-refractivity contribution in [2.45, 2.75) is 25.0 Å². The Kier molecular flexibility index (Phi) is 3.14. The minimum Gasteiger partial charge on any atom is -0.465 e. The van der Waals surface area contributed by atoms with E-state index < -0.39 is 5.92 Å². The standard InChI is InChI=1S/C8H12O3S/c1-2-6(12)7(9)5-3-4-11-8(5)10/h5-6,12H,2-4H2,1H3. The summed E-state index contributed by atoms with van der Waals surface area (Å²) in [5.74, 6) is -1.02. The van der Waals surface area contributed by atoms with Gasteiger partial charge in [0.2, 0.25) is 0 Å². The number of thiol groups is 1. The number of cyclic esters (lactones) is 1. The van der Waals surface area contributed by atoms with Crippen LogP contribution in [0.1, 0.15) is 19.8 Å². The third-order valence-corrected chi connectivity index (χ3v) is 2.61. The predicted molar refractivity (Wildman–Crippen MR) is 47.1 cm³/mol. The van der Waals surface area contributed by atoms with Crippen molar-refractivity contribution in [3.8, 4) is 0 Å². The Labute approximate surface area is 76.9 Å². The van der Waals surface area contributed by atoms with Crippen LogP contribution in [0.5, 0.6) is 0 Å². The number of esters is 1. The van der Waals surface area contributed by atoms with Gasteiger partial charge >= 0.3 is 5.97 Å². The summed E-state index contributed by atoms with van der Waals surface area (Å²) in [5.41, 5.74) is 0. The van der Waals surface area contributed by atoms with Gasteiger partial charge in [-0.25, -0.2) is 0 Å². The predicted octanol–water partition coefficient (Wildman–Crippen LogP) is 0.827. The van der Waals surface area contributed by atoms with Crippen LogP contribution in [0.4, 0.5) is 0 Å². The van der Waals surface area contributed by atoms with Crippen LogP contribution in [0.3, 0.4) is 0 Å². The first-order chi connectivity index (χ1) is 5.66. The smallest absolute Gasteiger partial charge is 0.316 e. The number of ether oxygens (including phenoxy) is 1. The average molecular weight is 188 g/mol. The fourth-order valence-electron chi connectivity index (χ4n) is 1.19. The first-order valence-corrected chi connectivity index (χ1v) is 4.57. The molecular formula is C8H12O3S. The van der Waals surface area contributed by atoms with Crippen molar-refractivity contribution in [2.24, 2.45) is 5.92 Å². The lowest BCUT2D eigenvalue weighted by molar-refractivity contribution is -0.144. The molecule has 0 spiro atoms. The molecule has 0 N–H and O–H groups in total. The number of carbonyl (C=O) groups is 2. The molecule has 12 heavy (non-hydrogen) atoms. The van der Waals surface area contributed by atoms with Gasteiger partial charge in [0.15, 0.2) is 5.78 Å². The molecule has 1 aliphatic rings. The largest absolute Gasteiger partial charge is 0.465 e. The second kappa shape index (κ2) is 3.94. The SMILES string of the molecule is CCC(S)C(=O)C1CCOC1=O. The monoisotopic (exact) mass is 188 g/mol. The number of ketones is 1. The van der Waals surface area contributed by atoms with E-state index >= 15 is 0 Å². The van der Waals surface area contributed by atoms with Gasteiger partial charge in [-0.05, 0) is 6.42 Å². The molecule has 0 aromatic heterocycles. The van der Waals surface area contributed by atoms with E-state index in [1.807, 2.05) is 6.92 Å². The second-order valence-corrected chi connectivity index (χ2v) is 3.46. The summed E-state index contributed by atoms with van der Waals surface area (Å²) in [6.45, 7) is 2.25. The highest BCUT2D eigenvalue weighted by atomic mass is 32.1. The van der Waals surface area contributed by atoms with E-state index in [4.69, 9.17) is 0 Å². The van der Waals surface area contributed by atoms with Crippen molar-refractivity contribution in [3.63, 3.8) is 0 Å². The molecule has 0 aliphatic carbocycles. The van der Waals surface area contributed by atoms with Crippen molar-refractivity contribution in [1.82, 2.24) is 0 Å². The van der Waals surface area contributed by atoms with Crippen LogP contribution in [-0.2, 0) is 14.3 Å². The molecule has 1 fully saturated rings. The van der Waals surface area contributed by atoms with Crippen molar-refractivity contribution >= 4 is 24.4 Å². The summed E-state index contributed by atoms with van der Waals surface area (Å²) < 4.78 is 4.69. The number of hydrogen-bond acceptors (Lipinski definition) is 4. The molecular weight excluding hydrogens is 176 g/mol. The van der Waals surface area contributed by atoms with Gasteiger partial charge in [-0.3, -0.25) is 9.59 Å². The highest BCUT2D eigenvalue weighted by Gasteiger charge is 2.35. The maximum Gasteiger partial charge on any atom is 0.316 e. The summed E-state index contributed by atoms with van der Waals surface area (Å²) in [6, 6.07) is 0. The van der Waals surface area contributed by atoms with E-state index in [1.165, 1.54) is 0 Å². The minimum atomic E-state index is -0.549. The summed E-state index contributed by atoms with van der Waals surface area (Å²) >= 11 is 4.08. The Morgan fingerprint density at radius 2 is 2.50 bits per heavy atom. The molecule has 2 unspecified atom stereocenters. The molecule has 68 valence electrons. The Hall–Kier alpha value is -0.510. The second-order valence-electron chi connectivity index (χ2n) is 2.84. The quantitative estimate of drug-likeness (QED) is 0.405. The number of carbonyl (C=O) groups excluding carboxylic acids is 2. The minimum absolute atomic E-state index is 0.0941. The maximum absolute atomic E-state index is 11.4. The normalized spacial score (nSPS) is 25.2. The van der Waals surface area contributed by atoms with E-state index in [0.29, 0.717) is 19.4 Å². The highest BCUT2D eigenvalue weighted by molar-refractivity contribution is 7.81. The van der Waals surface area contributed by atoms with Gasteiger partial charge in [-0.1, -0.05) is 6.92 Å². The summed E-state index contributed by atoms with van der Waals surface area (Å²) in [6.07, 6.45) is 1.18. The van der Waals surface area contributed by atoms with Crippen LogP contribution < -0.4 is 0 Å². The summed E-state index contributed by atoms with van der Waals surface area (Å²) in [4.78, 5) is 22.4. The lowest BCUT2D eigenvalue weighted by atomic mass is 9.99. The van der Waals surface area contributed by atoms with Crippen molar-refractivity contribution in [3.05, 3.63) is 0 Å². The van der Waals surface area contributed by atoms with E-state index in [2.05, 4.69) is 17.4 Å². The summed E-state index contributed by atoms with van der Waals surface area (Å²) in [7, 11) is 0. The number of hydrogen-bond donors (Lipinski definition) is 1. The van der Waals surface area contributed by atoms with Gasteiger partial charge in [-0.15, -0.1) is 0 Å². The lowest BCUT2D eigenvalue weighted by Gasteiger charge is -2.08. The van der Waals surface area contributed by atoms with Crippen LogP contribution in [0.2, 0.25) is 0 Å². The first kappa shape index (κ1) is 9.58. The summed E-state index contributed by atoms with van der Waals surface area (Å²) in [5, 5.41) is -0.319. The Bertz CT molecular complexity index is 202. The van der Waals surface area contributed by atoms with Gasteiger partial charge in [0.25, 0.3) is 0 Å². The van der Waals surface area contributed by atoms with Crippen LogP contribution in [0, 0.1) is 5.92 Å². The van der Waals surface area contributed by atoms with Crippen molar-refractivity contribution in [2.75, 3.05) is 6.61 Å². The zero-order valence-corrected chi connectivity index (χ0v) is 7.84. The molecule has 2 atom stereocenters. The molecule has 0 aromatic rings. The molecule has 4 heteroatoms. The van der Waals surface area contributed by atoms with Crippen LogP contribution >= 0.6 is 12.6 Å². The topological polar surface area (TPSA) is 43.4 Å². The zero-order valence-electron chi connectivity index (χ0n) is 6.95. The maximum atomic E-state index is 11.4. The van der Waals surface area contributed by atoms with Gasteiger partial charge in [0.1, 0.15) is 5.92 Å². The number of rotatable bonds is 3. The first-order valence-electron chi connectivity index (χ1n) is 4.05. The molecule has 0 saturated carbocycles. The Balaban J connectivity index is 2.57. The van der Waals surface area contributed by atoms with E-state index in [9.17, 15) is 9.59 Å². The van der Waals surface area contributed by atoms with Gasteiger partial charge in [0, 0.05) is 6.42 Å². The molecule has 0 aromatic carbocycles. The third-order valence-electron chi connectivity index (χ3n) is 1.99. The molecule has 3 nitrogen and oxygen atoms in total. The molecule has 1 saturated heterocycles. The molecule has 1 heterocycles. The molecule has 1 rings (SSSR count). The number of Topliss-reactive ketones (excluding diaryl/α,β-unsaturated/α-hetero) is 1. The van der Waals surface area contributed by atoms with E-state index in [1.54, 1.807) is 0 Å². The van der Waals surface area contributed by atoms with Crippen molar-refractivity contribution in [1.29, 1.82) is 0 Å². The average Bonchev–Trinajstić information content (AvgIpc) is 2.48. The van der Waals surface area contributed by atoms with Crippen LogP contribution in [0.25, 0.3) is 0 Å². The fraction of sp³-hybridized carbons (Fsp3) is 0.750. The van der Waals surface area contributed by atoms with E-state index in [0.717, 1.165) is 0 Å². The van der Waals surface area contributed by atoms with Gasteiger partial charge in [0.05, 0.1) is 11.9 Å². The lowest BCUT2D eigenvalue weighted by Crippen LogP contribution is -2.26.